The summed E-state index contributed by atoms with van der Waals surface area (Å²) >= 11 is 0. The second-order valence-corrected chi connectivity index (χ2v) is 5.63. The predicted molar refractivity (Wildman–Crippen MR) is 80.8 cm³/mol. The summed E-state index contributed by atoms with van der Waals surface area (Å²) in [6.45, 7) is 5.45. The molecule has 0 unspecified atom stereocenters. The number of benzene rings is 1. The molecular formula is C16H17N5O. The van der Waals surface area contributed by atoms with Crippen molar-refractivity contribution in [1.29, 1.82) is 0 Å². The highest BCUT2D eigenvalue weighted by Gasteiger charge is 2.19. The summed E-state index contributed by atoms with van der Waals surface area (Å²) in [7, 11) is 0. The third-order valence-corrected chi connectivity index (χ3v) is 3.93. The molecule has 4 rings (SSSR count). The van der Waals surface area contributed by atoms with Gasteiger partial charge in [-0.25, -0.2) is 4.98 Å². The molecule has 0 spiro atoms. The van der Waals surface area contributed by atoms with E-state index in [4.69, 9.17) is 4.52 Å². The lowest BCUT2D eigenvalue weighted by atomic mass is 10.1. The maximum Gasteiger partial charge on any atom is 0.241 e. The van der Waals surface area contributed by atoms with E-state index in [1.807, 2.05) is 24.5 Å². The summed E-state index contributed by atoms with van der Waals surface area (Å²) in [5, 5.41) is 4.09. The van der Waals surface area contributed by atoms with E-state index in [1.54, 1.807) is 0 Å². The molecule has 0 fully saturated rings. The molecule has 0 amide bonds. The van der Waals surface area contributed by atoms with Gasteiger partial charge in [0.2, 0.25) is 11.7 Å². The summed E-state index contributed by atoms with van der Waals surface area (Å²) in [6, 6.07) is 8.12. The van der Waals surface area contributed by atoms with Gasteiger partial charge in [-0.2, -0.15) is 4.98 Å². The molecule has 22 heavy (non-hydrogen) atoms. The highest BCUT2D eigenvalue weighted by Crippen LogP contribution is 2.18. The molecule has 0 atom stereocenters. The van der Waals surface area contributed by atoms with Crippen molar-refractivity contribution in [1.82, 2.24) is 24.6 Å². The molecule has 3 aromatic rings. The first-order valence-corrected chi connectivity index (χ1v) is 7.40. The zero-order chi connectivity index (χ0) is 14.9. The number of aromatic nitrogens is 4. The Morgan fingerprint density at radius 1 is 1.27 bits per heavy atom. The van der Waals surface area contributed by atoms with Gasteiger partial charge in [-0.05, 0) is 13.0 Å². The molecule has 0 aliphatic carbocycles. The zero-order valence-corrected chi connectivity index (χ0v) is 12.4. The predicted octanol–water partition coefficient (Wildman–Crippen LogP) is 2.26. The molecule has 0 radical (unpaired) electrons. The van der Waals surface area contributed by atoms with Crippen molar-refractivity contribution in [3.8, 4) is 11.4 Å². The van der Waals surface area contributed by atoms with E-state index >= 15 is 0 Å². The van der Waals surface area contributed by atoms with Gasteiger partial charge in [0.1, 0.15) is 5.82 Å². The molecule has 1 aliphatic rings. The van der Waals surface area contributed by atoms with Gasteiger partial charge in [-0.1, -0.05) is 28.9 Å². The van der Waals surface area contributed by atoms with Crippen LogP contribution in [0.3, 0.4) is 0 Å². The van der Waals surface area contributed by atoms with Crippen molar-refractivity contribution in [2.75, 3.05) is 6.54 Å². The van der Waals surface area contributed by atoms with Gasteiger partial charge < -0.3 is 9.09 Å². The Bertz CT molecular complexity index is 791. The Morgan fingerprint density at radius 3 is 3.14 bits per heavy atom. The van der Waals surface area contributed by atoms with Crippen molar-refractivity contribution in [2.45, 2.75) is 26.6 Å². The van der Waals surface area contributed by atoms with Crippen LogP contribution in [0.25, 0.3) is 11.4 Å². The van der Waals surface area contributed by atoms with E-state index in [9.17, 15) is 0 Å². The van der Waals surface area contributed by atoms with Gasteiger partial charge in [-0.3, -0.25) is 4.90 Å². The summed E-state index contributed by atoms with van der Waals surface area (Å²) < 4.78 is 7.58. The zero-order valence-electron chi connectivity index (χ0n) is 12.4. The van der Waals surface area contributed by atoms with Crippen LogP contribution in [0.4, 0.5) is 0 Å². The van der Waals surface area contributed by atoms with E-state index in [0.29, 0.717) is 18.3 Å². The number of rotatable bonds is 3. The van der Waals surface area contributed by atoms with Gasteiger partial charge in [0.25, 0.3) is 0 Å². The molecule has 1 aromatic carbocycles. The van der Waals surface area contributed by atoms with Gasteiger partial charge in [0.15, 0.2) is 0 Å². The molecule has 6 nitrogen and oxygen atoms in total. The van der Waals surface area contributed by atoms with E-state index in [2.05, 4.69) is 43.6 Å². The molecule has 1 aliphatic heterocycles. The van der Waals surface area contributed by atoms with Gasteiger partial charge >= 0.3 is 0 Å². The van der Waals surface area contributed by atoms with Crippen LogP contribution in [0.2, 0.25) is 0 Å². The Hall–Kier alpha value is -2.47. The first kappa shape index (κ1) is 13.2. The SMILES string of the molecule is Cc1cccc(-c2noc(CN3CCn4ccnc4C3)n2)c1. The van der Waals surface area contributed by atoms with E-state index in [1.165, 1.54) is 5.56 Å². The third-order valence-electron chi connectivity index (χ3n) is 3.93. The monoisotopic (exact) mass is 295 g/mol. The van der Waals surface area contributed by atoms with Crippen molar-refractivity contribution in [2.24, 2.45) is 0 Å². The number of nitrogens with zero attached hydrogens (tertiary/aromatic N) is 5. The fourth-order valence-electron chi connectivity index (χ4n) is 2.77. The highest BCUT2D eigenvalue weighted by molar-refractivity contribution is 5.55. The molecular weight excluding hydrogens is 278 g/mol. The Balaban J connectivity index is 1.49. The summed E-state index contributed by atoms with van der Waals surface area (Å²) in [6.07, 6.45) is 3.87. The number of imidazole rings is 1. The van der Waals surface area contributed by atoms with E-state index in [-0.39, 0.29) is 0 Å². The number of fused-ring (bicyclic) bond motifs is 1. The maximum absolute atomic E-state index is 5.40. The molecule has 0 saturated carbocycles. The highest BCUT2D eigenvalue weighted by atomic mass is 16.5. The van der Waals surface area contributed by atoms with Crippen LogP contribution in [0.15, 0.2) is 41.2 Å². The van der Waals surface area contributed by atoms with E-state index in [0.717, 1.165) is 31.0 Å². The minimum atomic E-state index is 0.650. The second-order valence-electron chi connectivity index (χ2n) is 5.63. The fraction of sp³-hybridized carbons (Fsp3) is 0.312. The Labute approximate surface area is 128 Å². The third kappa shape index (κ3) is 2.53. The maximum atomic E-state index is 5.40. The smallest absolute Gasteiger partial charge is 0.241 e. The van der Waals surface area contributed by atoms with Crippen molar-refractivity contribution >= 4 is 0 Å². The first-order valence-electron chi connectivity index (χ1n) is 7.40. The van der Waals surface area contributed by atoms with Gasteiger partial charge in [0, 0.05) is 31.0 Å². The van der Waals surface area contributed by atoms with Crippen LogP contribution in [-0.4, -0.2) is 31.1 Å². The van der Waals surface area contributed by atoms with Crippen LogP contribution < -0.4 is 0 Å². The molecule has 0 saturated heterocycles. The quantitative estimate of drug-likeness (QED) is 0.741. The second kappa shape index (κ2) is 5.38. The lowest BCUT2D eigenvalue weighted by molar-refractivity contribution is 0.183. The van der Waals surface area contributed by atoms with Gasteiger partial charge in [0.05, 0.1) is 13.1 Å². The minimum absolute atomic E-state index is 0.650. The van der Waals surface area contributed by atoms with Crippen LogP contribution in [0.5, 0.6) is 0 Å². The number of hydrogen-bond acceptors (Lipinski definition) is 5. The standard InChI is InChI=1S/C16H17N5O/c1-12-3-2-4-13(9-12)16-18-15(22-19-16)11-20-7-8-21-6-5-17-14(21)10-20/h2-6,9H,7-8,10-11H2,1H3. The molecule has 0 N–H and O–H groups in total. The van der Waals surface area contributed by atoms with Gasteiger partial charge in [-0.15, -0.1) is 0 Å². The molecule has 2 aromatic heterocycles. The first-order chi connectivity index (χ1) is 10.8. The summed E-state index contributed by atoms with van der Waals surface area (Å²) in [5.74, 6) is 2.39. The topological polar surface area (TPSA) is 60.0 Å². The molecule has 6 heteroatoms. The molecule has 3 heterocycles. The normalized spacial score (nSPS) is 15.0. The van der Waals surface area contributed by atoms with Crippen LogP contribution in [-0.2, 0) is 19.6 Å². The van der Waals surface area contributed by atoms with Crippen molar-refractivity contribution in [3.63, 3.8) is 0 Å². The summed E-state index contributed by atoms with van der Waals surface area (Å²) in [4.78, 5) is 11.2. The van der Waals surface area contributed by atoms with Crippen LogP contribution in [0.1, 0.15) is 17.3 Å². The minimum Gasteiger partial charge on any atom is -0.338 e. The van der Waals surface area contributed by atoms with Crippen molar-refractivity contribution < 1.29 is 4.52 Å². The molecule has 0 bridgehead atoms. The van der Waals surface area contributed by atoms with Crippen LogP contribution >= 0.6 is 0 Å². The Morgan fingerprint density at radius 2 is 2.23 bits per heavy atom. The summed E-state index contributed by atoms with van der Waals surface area (Å²) in [5.41, 5.74) is 2.18. The van der Waals surface area contributed by atoms with Crippen LogP contribution in [0, 0.1) is 6.92 Å². The van der Waals surface area contributed by atoms with E-state index < -0.39 is 0 Å². The Kier molecular flexibility index (Phi) is 3.23. The number of aryl methyl sites for hydroxylation is 1. The average molecular weight is 295 g/mol. The lowest BCUT2D eigenvalue weighted by Crippen LogP contribution is -2.33. The van der Waals surface area contributed by atoms with Crippen molar-refractivity contribution in [3.05, 3.63) is 53.9 Å². The average Bonchev–Trinajstić information content (AvgIpc) is 3.16. The number of hydrogen-bond donors (Lipinski definition) is 0. The lowest BCUT2D eigenvalue weighted by Gasteiger charge is -2.25. The largest absolute Gasteiger partial charge is 0.338 e. The fourth-order valence-corrected chi connectivity index (χ4v) is 2.77. The molecule has 112 valence electrons.